The average Bonchev–Trinajstić information content (AvgIpc) is 3.05. The van der Waals surface area contributed by atoms with Crippen molar-refractivity contribution in [3.63, 3.8) is 0 Å². The summed E-state index contributed by atoms with van der Waals surface area (Å²) in [5.41, 5.74) is 0.915. The number of hydrogen-bond acceptors (Lipinski definition) is 5. The molecule has 1 aliphatic rings. The molecule has 1 amide bonds. The number of carbonyl (C=O) groups excluding carboxylic acids is 1. The van der Waals surface area contributed by atoms with E-state index in [1.807, 2.05) is 0 Å². The molecule has 0 aromatic carbocycles. The lowest BCUT2D eigenvalue weighted by Crippen LogP contribution is -2.27. The number of rotatable bonds is 7. The van der Waals surface area contributed by atoms with Crippen molar-refractivity contribution in [2.45, 2.75) is 39.7 Å². The Kier molecular flexibility index (Phi) is 7.44. The van der Waals surface area contributed by atoms with Gasteiger partial charge in [0.05, 0.1) is 11.5 Å². The van der Waals surface area contributed by atoms with Crippen LogP contribution in [0.4, 0.5) is 5.69 Å². The molecule has 130 valence electrons. The molecule has 0 bridgehead atoms. The Bertz CT molecular complexity index is 555. The number of nitro groups is 1. The molecule has 0 aliphatic carbocycles. The summed E-state index contributed by atoms with van der Waals surface area (Å²) in [6.07, 6.45) is 2.44. The van der Waals surface area contributed by atoms with Crippen LogP contribution in [0.5, 0.6) is 0 Å². The molecule has 1 saturated heterocycles. The molecule has 23 heavy (non-hydrogen) atoms. The summed E-state index contributed by atoms with van der Waals surface area (Å²) in [6, 6.07) is 0. The number of aromatic nitrogens is 2. The molecule has 0 saturated carbocycles. The highest BCUT2D eigenvalue weighted by Gasteiger charge is 2.21. The topological polar surface area (TPSA) is 102 Å². The van der Waals surface area contributed by atoms with Gasteiger partial charge in [-0.15, -0.1) is 12.4 Å². The molecule has 9 heteroatoms. The maximum Gasteiger partial charge on any atom is 0.312 e. The zero-order chi connectivity index (χ0) is 16.1. The number of hydrogen-bond donors (Lipinski definition) is 2. The van der Waals surface area contributed by atoms with Gasteiger partial charge in [-0.25, -0.2) is 0 Å². The summed E-state index contributed by atoms with van der Waals surface area (Å²) < 4.78 is 1.54. The van der Waals surface area contributed by atoms with Crippen LogP contribution in [0.2, 0.25) is 0 Å². The molecule has 2 heterocycles. The smallest absolute Gasteiger partial charge is 0.312 e. The lowest BCUT2D eigenvalue weighted by Gasteiger charge is -2.09. The van der Waals surface area contributed by atoms with E-state index in [0.717, 1.165) is 19.5 Å². The first-order valence-electron chi connectivity index (χ1n) is 7.65. The minimum absolute atomic E-state index is 0. The number of carbonyl (C=O) groups is 1. The predicted octanol–water partition coefficient (Wildman–Crippen LogP) is 1.34. The van der Waals surface area contributed by atoms with E-state index in [2.05, 4.69) is 15.7 Å². The molecule has 8 nitrogen and oxygen atoms in total. The zero-order valence-electron chi connectivity index (χ0n) is 13.5. The lowest BCUT2D eigenvalue weighted by atomic mass is 10.1. The number of nitrogens with one attached hydrogen (secondary N) is 2. The van der Waals surface area contributed by atoms with Crippen molar-refractivity contribution in [2.75, 3.05) is 19.6 Å². The van der Waals surface area contributed by atoms with Crippen molar-refractivity contribution in [3.05, 3.63) is 21.5 Å². The minimum Gasteiger partial charge on any atom is -0.356 e. The highest BCUT2D eigenvalue weighted by molar-refractivity contribution is 5.85. The van der Waals surface area contributed by atoms with Gasteiger partial charge in [-0.3, -0.25) is 19.6 Å². The molecular weight excluding hydrogens is 322 g/mol. The van der Waals surface area contributed by atoms with E-state index in [9.17, 15) is 14.9 Å². The maximum absolute atomic E-state index is 11.8. The van der Waals surface area contributed by atoms with E-state index in [4.69, 9.17) is 0 Å². The van der Waals surface area contributed by atoms with E-state index in [-0.39, 0.29) is 30.4 Å². The van der Waals surface area contributed by atoms with Gasteiger partial charge >= 0.3 is 5.69 Å². The van der Waals surface area contributed by atoms with E-state index in [1.54, 1.807) is 13.8 Å². The molecule has 1 aromatic heterocycles. The fraction of sp³-hybridized carbons (Fsp3) is 0.714. The Morgan fingerprint density at radius 1 is 1.52 bits per heavy atom. The largest absolute Gasteiger partial charge is 0.356 e. The van der Waals surface area contributed by atoms with Gasteiger partial charge in [-0.05, 0) is 45.7 Å². The second-order valence-corrected chi connectivity index (χ2v) is 5.75. The third kappa shape index (κ3) is 5.18. The van der Waals surface area contributed by atoms with Gasteiger partial charge in [0.15, 0.2) is 0 Å². The molecule has 0 radical (unpaired) electrons. The van der Waals surface area contributed by atoms with E-state index < -0.39 is 4.92 Å². The van der Waals surface area contributed by atoms with Crippen LogP contribution in [0.25, 0.3) is 0 Å². The number of halogens is 1. The van der Waals surface area contributed by atoms with Crippen molar-refractivity contribution in [3.8, 4) is 0 Å². The molecule has 1 unspecified atom stereocenters. The molecule has 1 fully saturated rings. The summed E-state index contributed by atoms with van der Waals surface area (Å²) >= 11 is 0. The highest BCUT2D eigenvalue weighted by atomic mass is 35.5. The molecule has 1 aromatic rings. The Balaban J connectivity index is 0.00000264. The second kappa shape index (κ2) is 8.83. The number of aryl methyl sites for hydroxylation is 2. The van der Waals surface area contributed by atoms with Crippen LogP contribution in [0, 0.1) is 29.9 Å². The Hall–Kier alpha value is -1.67. The Morgan fingerprint density at radius 3 is 2.83 bits per heavy atom. The standard InChI is InChI=1S/C14H23N5O3.ClH/c1-10-14(19(21)22)11(2)18(17-10)8-5-13(20)16-7-4-12-3-6-15-9-12;/h12,15H,3-9H2,1-2H3,(H,16,20);1H. The van der Waals surface area contributed by atoms with Gasteiger partial charge in [0.1, 0.15) is 11.4 Å². The Morgan fingerprint density at radius 2 is 2.26 bits per heavy atom. The van der Waals surface area contributed by atoms with Crippen molar-refractivity contribution in [1.82, 2.24) is 20.4 Å². The molecule has 0 spiro atoms. The first-order valence-corrected chi connectivity index (χ1v) is 7.65. The van der Waals surface area contributed by atoms with Crippen LogP contribution in [-0.2, 0) is 11.3 Å². The zero-order valence-corrected chi connectivity index (χ0v) is 14.3. The first-order chi connectivity index (χ1) is 10.5. The summed E-state index contributed by atoms with van der Waals surface area (Å²) in [6.45, 7) is 6.40. The highest BCUT2D eigenvalue weighted by Crippen LogP contribution is 2.21. The third-order valence-corrected chi connectivity index (χ3v) is 4.11. The number of amides is 1. The SMILES string of the molecule is Cc1nn(CCC(=O)NCCC2CCNC2)c(C)c1[N+](=O)[O-].Cl. The van der Waals surface area contributed by atoms with Crippen molar-refractivity contribution < 1.29 is 9.72 Å². The fourth-order valence-electron chi connectivity index (χ4n) is 2.84. The van der Waals surface area contributed by atoms with Crippen molar-refractivity contribution in [2.24, 2.45) is 5.92 Å². The van der Waals surface area contributed by atoms with Gasteiger partial charge in [0, 0.05) is 13.0 Å². The monoisotopic (exact) mass is 345 g/mol. The van der Waals surface area contributed by atoms with Gasteiger partial charge in [0.2, 0.25) is 5.91 Å². The van der Waals surface area contributed by atoms with Gasteiger partial charge in [-0.1, -0.05) is 0 Å². The second-order valence-electron chi connectivity index (χ2n) is 5.75. The molecular formula is C14H24ClN5O3. The molecule has 1 atom stereocenters. The fourth-order valence-corrected chi connectivity index (χ4v) is 2.84. The summed E-state index contributed by atoms with van der Waals surface area (Å²) in [4.78, 5) is 22.3. The van der Waals surface area contributed by atoms with Crippen LogP contribution < -0.4 is 10.6 Å². The molecule has 2 N–H and O–H groups in total. The van der Waals surface area contributed by atoms with Gasteiger partial charge in [-0.2, -0.15) is 5.10 Å². The first kappa shape index (κ1) is 19.4. The van der Waals surface area contributed by atoms with E-state index in [0.29, 0.717) is 30.4 Å². The van der Waals surface area contributed by atoms with Crippen LogP contribution >= 0.6 is 12.4 Å². The molecule has 1 aliphatic heterocycles. The predicted molar refractivity (Wildman–Crippen MR) is 88.8 cm³/mol. The normalized spacial score (nSPS) is 16.9. The van der Waals surface area contributed by atoms with Gasteiger partial charge < -0.3 is 10.6 Å². The Labute approximate surface area is 141 Å². The van der Waals surface area contributed by atoms with Crippen LogP contribution in [0.3, 0.4) is 0 Å². The van der Waals surface area contributed by atoms with Crippen LogP contribution in [0.15, 0.2) is 0 Å². The van der Waals surface area contributed by atoms with Crippen molar-refractivity contribution >= 4 is 24.0 Å². The molecule has 2 rings (SSSR count). The third-order valence-electron chi connectivity index (χ3n) is 4.11. The van der Waals surface area contributed by atoms with E-state index >= 15 is 0 Å². The summed E-state index contributed by atoms with van der Waals surface area (Å²) in [7, 11) is 0. The van der Waals surface area contributed by atoms with Crippen LogP contribution in [-0.4, -0.2) is 40.2 Å². The van der Waals surface area contributed by atoms with E-state index in [1.165, 1.54) is 11.1 Å². The van der Waals surface area contributed by atoms with Crippen LogP contribution in [0.1, 0.15) is 30.7 Å². The van der Waals surface area contributed by atoms with Gasteiger partial charge in [0.25, 0.3) is 0 Å². The number of nitrogens with zero attached hydrogens (tertiary/aromatic N) is 3. The van der Waals surface area contributed by atoms with Crippen molar-refractivity contribution in [1.29, 1.82) is 0 Å². The average molecular weight is 346 g/mol. The maximum atomic E-state index is 11.8. The minimum atomic E-state index is -0.427. The quantitative estimate of drug-likeness (QED) is 0.573. The lowest BCUT2D eigenvalue weighted by molar-refractivity contribution is -0.386. The summed E-state index contributed by atoms with van der Waals surface area (Å²) in [5.74, 6) is 0.611. The summed E-state index contributed by atoms with van der Waals surface area (Å²) in [5, 5.41) is 21.3.